The minimum absolute atomic E-state index is 0.0783. The van der Waals surface area contributed by atoms with Crippen LogP contribution in [0.3, 0.4) is 0 Å². The number of aromatic nitrogens is 4. The van der Waals surface area contributed by atoms with Gasteiger partial charge < -0.3 is 15.2 Å². The lowest BCUT2D eigenvalue weighted by Crippen LogP contribution is -2.48. The smallest absolute Gasteiger partial charge is 0.332 e. The van der Waals surface area contributed by atoms with E-state index in [4.69, 9.17) is 10.7 Å². The van der Waals surface area contributed by atoms with Crippen LogP contribution in [0, 0.1) is 0 Å². The zero-order valence-electron chi connectivity index (χ0n) is 16.2. The van der Waals surface area contributed by atoms with E-state index in [-0.39, 0.29) is 23.3 Å². The summed E-state index contributed by atoms with van der Waals surface area (Å²) in [4.78, 5) is 32.0. The molecule has 1 aliphatic rings. The number of allylic oxidation sites excluding steroid dienone is 2. The van der Waals surface area contributed by atoms with Crippen molar-refractivity contribution in [1.29, 1.82) is 0 Å². The summed E-state index contributed by atoms with van der Waals surface area (Å²) >= 11 is 0. The lowest BCUT2D eigenvalue weighted by Gasteiger charge is -2.37. The third kappa shape index (κ3) is 2.98. The summed E-state index contributed by atoms with van der Waals surface area (Å²) in [7, 11) is 3.15. The number of anilines is 1. The fourth-order valence-corrected chi connectivity index (χ4v) is 3.51. The molecule has 8 heteroatoms. The van der Waals surface area contributed by atoms with Crippen molar-refractivity contribution in [3.05, 3.63) is 32.5 Å². The number of imidazole rings is 1. The lowest BCUT2D eigenvalue weighted by atomic mass is 10.0. The topological polar surface area (TPSA) is 91.1 Å². The molecule has 2 unspecified atom stereocenters. The molecule has 0 spiro atoms. The van der Waals surface area contributed by atoms with Crippen molar-refractivity contribution in [1.82, 2.24) is 18.7 Å². The second-order valence-electron chi connectivity index (χ2n) is 7.52. The average molecular weight is 360 g/mol. The van der Waals surface area contributed by atoms with Crippen molar-refractivity contribution < 1.29 is 0 Å². The maximum absolute atomic E-state index is 12.8. The van der Waals surface area contributed by atoms with Gasteiger partial charge in [0, 0.05) is 39.3 Å². The minimum Gasteiger partial charge on any atom is -0.338 e. The molecule has 1 saturated heterocycles. The molecule has 3 rings (SSSR count). The van der Waals surface area contributed by atoms with Crippen LogP contribution < -0.4 is 21.9 Å². The van der Waals surface area contributed by atoms with Crippen molar-refractivity contribution >= 4 is 17.1 Å². The molecular weight excluding hydrogens is 332 g/mol. The zero-order valence-corrected chi connectivity index (χ0v) is 16.2. The summed E-state index contributed by atoms with van der Waals surface area (Å²) in [5.74, 6) is 0.707. The van der Waals surface area contributed by atoms with Crippen molar-refractivity contribution in [3.63, 3.8) is 0 Å². The molecule has 26 heavy (non-hydrogen) atoms. The molecule has 2 aromatic heterocycles. The van der Waals surface area contributed by atoms with E-state index < -0.39 is 0 Å². The fourth-order valence-electron chi connectivity index (χ4n) is 3.51. The highest BCUT2D eigenvalue weighted by molar-refractivity contribution is 5.74. The Hall–Kier alpha value is -2.35. The summed E-state index contributed by atoms with van der Waals surface area (Å²) in [6.07, 6.45) is 4.01. The number of aryl methyl sites for hydroxylation is 1. The lowest BCUT2D eigenvalue weighted by molar-refractivity contribution is 0.427. The molecule has 0 aromatic carbocycles. The molecule has 0 aliphatic carbocycles. The summed E-state index contributed by atoms with van der Waals surface area (Å²) in [6, 6.07) is 0.354. The van der Waals surface area contributed by atoms with Crippen molar-refractivity contribution in [2.24, 2.45) is 19.8 Å². The molecule has 142 valence electrons. The predicted octanol–water partition coefficient (Wildman–Crippen LogP) is 0.716. The molecule has 2 N–H and O–H groups in total. The fraction of sp³-hybridized carbons (Fsp3) is 0.611. The molecular formula is C18H28N6O2. The number of hydrogen-bond acceptors (Lipinski definition) is 5. The van der Waals surface area contributed by atoms with Crippen LogP contribution in [0.1, 0.15) is 33.6 Å². The van der Waals surface area contributed by atoms with Gasteiger partial charge in [-0.15, -0.1) is 0 Å². The van der Waals surface area contributed by atoms with Crippen molar-refractivity contribution in [2.45, 2.75) is 52.2 Å². The van der Waals surface area contributed by atoms with E-state index in [0.717, 1.165) is 23.0 Å². The number of nitrogens with zero attached hydrogens (tertiary/aromatic N) is 5. The first kappa shape index (κ1) is 18.4. The molecule has 1 fully saturated rings. The van der Waals surface area contributed by atoms with Gasteiger partial charge in [0.25, 0.3) is 5.56 Å². The summed E-state index contributed by atoms with van der Waals surface area (Å²) < 4.78 is 4.49. The molecule has 0 saturated carbocycles. The first-order chi connectivity index (χ1) is 12.2. The Bertz CT molecular complexity index is 976. The van der Waals surface area contributed by atoms with Gasteiger partial charge in [0.05, 0.1) is 0 Å². The van der Waals surface area contributed by atoms with Crippen LogP contribution >= 0.6 is 0 Å². The molecule has 8 nitrogen and oxygen atoms in total. The Morgan fingerprint density at radius 2 is 1.92 bits per heavy atom. The average Bonchev–Trinajstić information content (AvgIpc) is 2.97. The number of hydrogen-bond donors (Lipinski definition) is 1. The molecule has 0 radical (unpaired) electrons. The van der Waals surface area contributed by atoms with Crippen LogP contribution in [-0.4, -0.2) is 37.3 Å². The van der Waals surface area contributed by atoms with Gasteiger partial charge in [-0.1, -0.05) is 11.6 Å². The summed E-state index contributed by atoms with van der Waals surface area (Å²) in [5.41, 5.74) is 7.52. The SMILES string of the molecule is CC(C)=CCn1c(N2CC(N)CCC2C)nc2c1c(=O)n(C)c(=O)n2C. The highest BCUT2D eigenvalue weighted by atomic mass is 16.2. The van der Waals surface area contributed by atoms with Gasteiger partial charge in [0.2, 0.25) is 5.95 Å². The number of nitrogens with two attached hydrogens (primary N) is 1. The normalized spacial score (nSPS) is 20.6. The van der Waals surface area contributed by atoms with Crippen LogP contribution in [0.2, 0.25) is 0 Å². The highest BCUT2D eigenvalue weighted by Gasteiger charge is 2.29. The van der Waals surface area contributed by atoms with Gasteiger partial charge >= 0.3 is 5.69 Å². The van der Waals surface area contributed by atoms with E-state index in [0.29, 0.717) is 30.2 Å². The summed E-state index contributed by atoms with van der Waals surface area (Å²) in [5, 5.41) is 0. The quantitative estimate of drug-likeness (QED) is 0.814. The van der Waals surface area contributed by atoms with Crippen LogP contribution in [0.5, 0.6) is 0 Å². The van der Waals surface area contributed by atoms with Gasteiger partial charge in [-0.25, -0.2) is 4.79 Å². The molecule has 0 bridgehead atoms. The Morgan fingerprint density at radius 3 is 2.58 bits per heavy atom. The van der Waals surface area contributed by atoms with Crippen LogP contribution in [0.15, 0.2) is 21.2 Å². The Morgan fingerprint density at radius 1 is 1.23 bits per heavy atom. The van der Waals surface area contributed by atoms with E-state index in [1.807, 2.05) is 18.4 Å². The van der Waals surface area contributed by atoms with Gasteiger partial charge in [0.1, 0.15) is 0 Å². The molecule has 2 aromatic rings. The first-order valence-corrected chi connectivity index (χ1v) is 9.04. The van der Waals surface area contributed by atoms with E-state index in [1.54, 1.807) is 7.05 Å². The van der Waals surface area contributed by atoms with Crippen LogP contribution in [0.4, 0.5) is 5.95 Å². The monoisotopic (exact) mass is 360 g/mol. The van der Waals surface area contributed by atoms with Gasteiger partial charge in [-0.2, -0.15) is 4.98 Å². The third-order valence-electron chi connectivity index (χ3n) is 5.19. The maximum Gasteiger partial charge on any atom is 0.332 e. The number of piperidine rings is 1. The van der Waals surface area contributed by atoms with E-state index in [2.05, 4.69) is 17.9 Å². The summed E-state index contributed by atoms with van der Waals surface area (Å²) in [6.45, 7) is 7.40. The largest absolute Gasteiger partial charge is 0.338 e. The molecule has 1 aliphatic heterocycles. The van der Waals surface area contributed by atoms with Gasteiger partial charge in [0.15, 0.2) is 11.2 Å². The molecule has 0 amide bonds. The Balaban J connectivity index is 2.31. The standard InChI is InChI=1S/C18H28N6O2/c1-11(2)8-9-23-14-15(21(4)18(26)22(5)16(14)25)20-17(23)24-10-13(19)7-6-12(24)3/h8,12-13H,6-7,9-10,19H2,1-5H3. The van der Waals surface area contributed by atoms with E-state index >= 15 is 0 Å². The second-order valence-corrected chi connectivity index (χ2v) is 7.52. The first-order valence-electron chi connectivity index (χ1n) is 9.04. The van der Waals surface area contributed by atoms with E-state index in [9.17, 15) is 9.59 Å². The van der Waals surface area contributed by atoms with Gasteiger partial charge in [-0.3, -0.25) is 13.9 Å². The van der Waals surface area contributed by atoms with Crippen LogP contribution in [0.25, 0.3) is 11.2 Å². The third-order valence-corrected chi connectivity index (χ3v) is 5.19. The highest BCUT2D eigenvalue weighted by Crippen LogP contribution is 2.26. The van der Waals surface area contributed by atoms with Crippen LogP contribution in [-0.2, 0) is 20.6 Å². The minimum atomic E-state index is -0.371. The zero-order chi connectivity index (χ0) is 19.2. The number of fused-ring (bicyclic) bond motifs is 1. The van der Waals surface area contributed by atoms with Crippen molar-refractivity contribution in [3.8, 4) is 0 Å². The maximum atomic E-state index is 12.8. The predicted molar refractivity (Wildman–Crippen MR) is 104 cm³/mol. The van der Waals surface area contributed by atoms with Gasteiger partial charge in [-0.05, 0) is 33.6 Å². The second kappa shape index (κ2) is 6.75. The van der Waals surface area contributed by atoms with Crippen molar-refractivity contribution in [2.75, 3.05) is 11.4 Å². The van der Waals surface area contributed by atoms with E-state index in [1.165, 1.54) is 11.6 Å². The Kier molecular flexibility index (Phi) is 4.79. The Labute approximate surface area is 152 Å². The number of rotatable bonds is 3. The molecule has 3 heterocycles. The molecule has 2 atom stereocenters.